The van der Waals surface area contributed by atoms with E-state index >= 15 is 0 Å². The lowest BCUT2D eigenvalue weighted by molar-refractivity contribution is -0.164. The van der Waals surface area contributed by atoms with Crippen LogP contribution >= 0.6 is 11.8 Å². The van der Waals surface area contributed by atoms with Gasteiger partial charge in [-0.1, -0.05) is 51.0 Å². The Morgan fingerprint density at radius 3 is 2.34 bits per heavy atom. The third-order valence-electron chi connectivity index (χ3n) is 6.86. The Balaban J connectivity index is 1.86. The molecule has 3 heterocycles. The molecule has 0 radical (unpaired) electrons. The molecular formula is C28H35N3O9S. The summed E-state index contributed by atoms with van der Waals surface area (Å²) < 4.78 is 20.7. The maximum absolute atomic E-state index is 13.3. The van der Waals surface area contributed by atoms with Crippen molar-refractivity contribution in [2.75, 3.05) is 26.4 Å². The molecule has 0 aliphatic carbocycles. The van der Waals surface area contributed by atoms with E-state index in [-0.39, 0.29) is 49.1 Å². The van der Waals surface area contributed by atoms with E-state index in [2.05, 4.69) is 19.7 Å². The number of β-lactam (4-membered cyclic amide) rings is 1. The summed E-state index contributed by atoms with van der Waals surface area (Å²) in [7, 11) is 0. The van der Waals surface area contributed by atoms with Gasteiger partial charge in [-0.05, 0) is 13.3 Å². The first kappa shape index (κ1) is 31.5. The highest BCUT2D eigenvalue weighted by atomic mass is 32.2. The van der Waals surface area contributed by atoms with Crippen molar-refractivity contribution < 1.29 is 42.9 Å². The Morgan fingerprint density at radius 1 is 1.07 bits per heavy atom. The number of amides is 3. The van der Waals surface area contributed by atoms with Crippen molar-refractivity contribution in [1.82, 2.24) is 9.80 Å². The number of esters is 1. The average Bonchev–Trinajstić information content (AvgIpc) is 3.44. The molecule has 3 aliphatic heterocycles. The monoisotopic (exact) mass is 589 g/mol. The Labute approximate surface area is 242 Å². The van der Waals surface area contributed by atoms with Gasteiger partial charge < -0.3 is 34.5 Å². The number of carbonyl (C=O) groups excluding carboxylic acids is 5. The smallest absolute Gasteiger partial charge is 0.457 e. The van der Waals surface area contributed by atoms with Crippen LogP contribution in [0.2, 0.25) is 0 Å². The second-order valence-electron chi connectivity index (χ2n) is 9.61. The van der Waals surface area contributed by atoms with Crippen LogP contribution in [0.3, 0.4) is 0 Å². The second-order valence-corrected chi connectivity index (χ2v) is 11.0. The second kappa shape index (κ2) is 14.1. The van der Waals surface area contributed by atoms with Gasteiger partial charge in [-0.15, -0.1) is 11.8 Å². The van der Waals surface area contributed by atoms with Gasteiger partial charge in [0.05, 0.1) is 18.0 Å². The number of hydrogen-bond donors (Lipinski definition) is 1. The van der Waals surface area contributed by atoms with Crippen LogP contribution in [-0.4, -0.2) is 89.6 Å². The van der Waals surface area contributed by atoms with Gasteiger partial charge in [0.2, 0.25) is 11.8 Å². The molecule has 0 bridgehead atoms. The number of primary amides is 1. The third kappa shape index (κ3) is 7.02. The maximum Gasteiger partial charge on any atom is 0.508 e. The van der Waals surface area contributed by atoms with E-state index in [9.17, 15) is 24.0 Å². The molecule has 222 valence electrons. The molecule has 0 aromatic rings. The lowest BCUT2D eigenvalue weighted by Gasteiger charge is -2.47. The summed E-state index contributed by atoms with van der Waals surface area (Å²) in [6.45, 7) is 14.3. The summed E-state index contributed by atoms with van der Waals surface area (Å²) in [6, 6.07) is -0.939. The maximum atomic E-state index is 13.3. The first-order valence-electron chi connectivity index (χ1n) is 13.0. The normalized spacial score (nSPS) is 25.7. The number of thioether (sulfide) groups is 1. The number of ether oxygens (including phenoxy) is 4. The molecule has 12 nitrogen and oxygen atoms in total. The number of nitrogens with two attached hydrogens (primary N) is 1. The van der Waals surface area contributed by atoms with Crippen molar-refractivity contribution in [3.8, 4) is 0 Å². The SMILES string of the molecule is C=CCOC(=O)O[C@H](C)[C@H]1C(=O)N2C(C(=O)OCC=C)=C(S[C@H]3C[C@@H](/C=C\C(N)=O)N(C(=O)OCC=C)C3)[C@H](C)[C@H]12. The molecule has 6 atom stereocenters. The summed E-state index contributed by atoms with van der Waals surface area (Å²) in [5.74, 6) is -2.74. The lowest BCUT2D eigenvalue weighted by Crippen LogP contribution is -2.64. The average molecular weight is 590 g/mol. The first-order valence-corrected chi connectivity index (χ1v) is 13.9. The fourth-order valence-electron chi connectivity index (χ4n) is 5.15. The molecule has 3 amide bonds. The highest BCUT2D eigenvalue weighted by Crippen LogP contribution is 2.53. The summed E-state index contributed by atoms with van der Waals surface area (Å²) in [6.07, 6.45) is 5.11. The molecule has 0 saturated carbocycles. The van der Waals surface area contributed by atoms with Crippen LogP contribution in [0.15, 0.2) is 60.7 Å². The zero-order valence-corrected chi connectivity index (χ0v) is 23.9. The van der Waals surface area contributed by atoms with Gasteiger partial charge in [-0.3, -0.25) is 9.59 Å². The van der Waals surface area contributed by atoms with E-state index in [1.54, 1.807) is 13.0 Å². The van der Waals surface area contributed by atoms with Gasteiger partial charge in [0.1, 0.15) is 31.6 Å². The van der Waals surface area contributed by atoms with Crippen LogP contribution in [0.25, 0.3) is 0 Å². The molecule has 3 rings (SSSR count). The topological polar surface area (TPSA) is 155 Å². The van der Waals surface area contributed by atoms with Gasteiger partial charge in [-0.25, -0.2) is 14.4 Å². The summed E-state index contributed by atoms with van der Waals surface area (Å²) in [4.78, 5) is 66.1. The summed E-state index contributed by atoms with van der Waals surface area (Å²) in [5.41, 5.74) is 5.38. The van der Waals surface area contributed by atoms with Crippen molar-refractivity contribution in [3.05, 3.63) is 60.7 Å². The van der Waals surface area contributed by atoms with Crippen LogP contribution in [0.5, 0.6) is 0 Å². The van der Waals surface area contributed by atoms with Crippen molar-refractivity contribution in [1.29, 1.82) is 0 Å². The molecule has 2 fully saturated rings. The zero-order chi connectivity index (χ0) is 30.3. The van der Waals surface area contributed by atoms with E-state index in [1.807, 2.05) is 6.92 Å². The molecule has 0 unspecified atom stereocenters. The highest BCUT2D eigenvalue weighted by Gasteiger charge is 2.61. The van der Waals surface area contributed by atoms with Crippen LogP contribution < -0.4 is 5.73 Å². The number of nitrogens with zero attached hydrogens (tertiary/aromatic N) is 2. The Morgan fingerprint density at radius 2 is 1.71 bits per heavy atom. The largest absolute Gasteiger partial charge is 0.508 e. The predicted octanol–water partition coefficient (Wildman–Crippen LogP) is 2.67. The highest BCUT2D eigenvalue weighted by molar-refractivity contribution is 8.03. The van der Waals surface area contributed by atoms with Crippen molar-refractivity contribution in [3.63, 3.8) is 0 Å². The summed E-state index contributed by atoms with van der Waals surface area (Å²) in [5, 5.41) is -0.219. The number of hydrogen-bond acceptors (Lipinski definition) is 10. The standard InChI is InChI=1S/C28H35N3O9S/c1-6-11-37-26(34)23-24(16(4)22-21(25(33)31(22)23)17(5)40-28(36)39-13-8-3)41-19-14-18(9-10-20(29)32)30(15-19)27(35)38-12-7-2/h6-10,16-19,21-22H,1-3,11-15H2,4-5H3,(H2,29,32)/b10-9-/t16-,17-,18-,19+,21-,22-/m1/s1. The fraction of sp³-hybridized carbons (Fsp3) is 0.464. The molecule has 2 saturated heterocycles. The molecule has 0 aromatic heterocycles. The number of rotatable bonds is 13. The van der Waals surface area contributed by atoms with E-state index in [0.717, 1.165) is 0 Å². The Bertz CT molecular complexity index is 1170. The first-order chi connectivity index (χ1) is 19.5. The van der Waals surface area contributed by atoms with Crippen LogP contribution in [0, 0.1) is 11.8 Å². The minimum atomic E-state index is -0.924. The predicted molar refractivity (Wildman–Crippen MR) is 150 cm³/mol. The van der Waals surface area contributed by atoms with Gasteiger partial charge in [0.25, 0.3) is 0 Å². The molecule has 0 spiro atoms. The molecule has 0 aromatic carbocycles. The molecule has 13 heteroatoms. The number of fused-ring (bicyclic) bond motifs is 1. The van der Waals surface area contributed by atoms with E-state index in [4.69, 9.17) is 24.7 Å². The van der Waals surface area contributed by atoms with Crippen molar-refractivity contribution in [2.45, 2.75) is 43.7 Å². The Kier molecular flexibility index (Phi) is 10.8. The minimum absolute atomic E-state index is 0.0163. The molecule has 41 heavy (non-hydrogen) atoms. The molecular weight excluding hydrogens is 554 g/mol. The van der Waals surface area contributed by atoms with E-state index in [1.165, 1.54) is 45.9 Å². The van der Waals surface area contributed by atoms with Crippen LogP contribution in [0.4, 0.5) is 9.59 Å². The Hall–Kier alpha value is -4.00. The van der Waals surface area contributed by atoms with Crippen LogP contribution in [0.1, 0.15) is 20.3 Å². The van der Waals surface area contributed by atoms with Gasteiger partial charge in [-0.2, -0.15) is 0 Å². The van der Waals surface area contributed by atoms with Crippen LogP contribution in [-0.2, 0) is 33.3 Å². The third-order valence-corrected chi connectivity index (χ3v) is 8.36. The van der Waals surface area contributed by atoms with Gasteiger partial charge in [0.15, 0.2) is 0 Å². The number of likely N-dealkylation sites (tertiary alicyclic amines) is 1. The molecule has 2 N–H and O–H groups in total. The zero-order valence-electron chi connectivity index (χ0n) is 23.1. The minimum Gasteiger partial charge on any atom is -0.457 e. The van der Waals surface area contributed by atoms with Gasteiger partial charge in [0, 0.05) is 28.7 Å². The number of carbonyl (C=O) groups is 5. The van der Waals surface area contributed by atoms with Gasteiger partial charge >= 0.3 is 18.2 Å². The van der Waals surface area contributed by atoms with Crippen molar-refractivity contribution in [2.24, 2.45) is 17.6 Å². The van der Waals surface area contributed by atoms with E-state index in [0.29, 0.717) is 11.3 Å². The summed E-state index contributed by atoms with van der Waals surface area (Å²) >= 11 is 1.36. The lowest BCUT2D eigenvalue weighted by atomic mass is 9.79. The fourth-order valence-corrected chi connectivity index (χ4v) is 6.68. The van der Waals surface area contributed by atoms with E-state index < -0.39 is 48.2 Å². The van der Waals surface area contributed by atoms with Crippen molar-refractivity contribution >= 4 is 41.8 Å². The quantitative estimate of drug-likeness (QED) is 0.111. The molecule has 3 aliphatic rings.